The average molecular weight is 316 g/mol. The third-order valence-corrected chi connectivity index (χ3v) is 4.01. The van der Waals surface area contributed by atoms with Crippen molar-refractivity contribution in [3.8, 4) is 0 Å². The number of amides is 1. The normalized spacial score (nSPS) is 22.5. The Kier molecular flexibility index (Phi) is 4.60. The van der Waals surface area contributed by atoms with E-state index in [-0.39, 0.29) is 31.2 Å². The molecule has 2 N–H and O–H groups in total. The van der Waals surface area contributed by atoms with E-state index in [0.29, 0.717) is 5.56 Å². The lowest BCUT2D eigenvalue weighted by Crippen LogP contribution is -2.42. The number of nitrogens with zero attached hydrogens (tertiary/aromatic N) is 1. The Balaban J connectivity index is 1.96. The number of aliphatic hydroxyl groups excluding tert-OH is 1. The average Bonchev–Trinajstić information content (AvgIpc) is 2.72. The quantitative estimate of drug-likeness (QED) is 0.783. The molecule has 1 heterocycles. The molecule has 2 rings (SSSR count). The molecule has 1 saturated heterocycles. The van der Waals surface area contributed by atoms with Gasteiger partial charge in [-0.05, 0) is 17.7 Å². The highest BCUT2D eigenvalue weighted by molar-refractivity contribution is 7.88. The summed E-state index contributed by atoms with van der Waals surface area (Å²) in [5.41, 5.74) is 0.662. The predicted octanol–water partition coefficient (Wildman–Crippen LogP) is -0.511. The molecule has 0 radical (unpaired) electrons. The van der Waals surface area contributed by atoms with Crippen LogP contribution in [0.2, 0.25) is 0 Å². The van der Waals surface area contributed by atoms with Crippen LogP contribution in [0.3, 0.4) is 0 Å². The summed E-state index contributed by atoms with van der Waals surface area (Å²) in [5.74, 6) is -0.612. The molecule has 0 bridgehead atoms. The number of rotatable bonds is 4. The van der Waals surface area contributed by atoms with E-state index in [9.17, 15) is 22.7 Å². The lowest BCUT2D eigenvalue weighted by molar-refractivity contribution is -0.129. The van der Waals surface area contributed by atoms with Gasteiger partial charge in [0, 0.05) is 13.1 Å². The second kappa shape index (κ2) is 6.08. The fourth-order valence-electron chi connectivity index (χ4n) is 2.27. The van der Waals surface area contributed by atoms with Crippen LogP contribution in [-0.4, -0.2) is 55.8 Å². The summed E-state index contributed by atoms with van der Waals surface area (Å²) < 4.78 is 37.4. The van der Waals surface area contributed by atoms with Gasteiger partial charge in [-0.2, -0.15) is 0 Å². The molecule has 1 aliphatic rings. The first kappa shape index (κ1) is 15.9. The zero-order chi connectivity index (χ0) is 15.6. The molecule has 1 aliphatic heterocycles. The topological polar surface area (TPSA) is 86.7 Å². The van der Waals surface area contributed by atoms with Crippen LogP contribution >= 0.6 is 0 Å². The minimum atomic E-state index is -3.44. The van der Waals surface area contributed by atoms with Gasteiger partial charge in [0.15, 0.2) is 0 Å². The molecular weight excluding hydrogens is 299 g/mol. The van der Waals surface area contributed by atoms with E-state index in [0.717, 1.165) is 6.26 Å². The van der Waals surface area contributed by atoms with Crippen LogP contribution in [0.4, 0.5) is 4.39 Å². The van der Waals surface area contributed by atoms with Gasteiger partial charge < -0.3 is 10.0 Å². The number of nitrogens with one attached hydrogen (secondary N) is 1. The number of aliphatic hydroxyl groups is 1. The Bertz CT molecular complexity index is 618. The maximum Gasteiger partial charge on any atom is 0.227 e. The Morgan fingerprint density at radius 2 is 2.00 bits per heavy atom. The molecule has 0 spiro atoms. The molecule has 1 fully saturated rings. The Morgan fingerprint density at radius 3 is 2.57 bits per heavy atom. The molecule has 0 aliphatic carbocycles. The number of hydrogen-bond donors (Lipinski definition) is 2. The zero-order valence-electron chi connectivity index (χ0n) is 11.5. The molecule has 1 aromatic carbocycles. The number of sulfonamides is 1. The number of benzene rings is 1. The lowest BCUT2D eigenvalue weighted by Gasteiger charge is -2.16. The van der Waals surface area contributed by atoms with Crippen molar-refractivity contribution < 1.29 is 22.7 Å². The monoisotopic (exact) mass is 316 g/mol. The van der Waals surface area contributed by atoms with Crippen LogP contribution in [0, 0.1) is 5.82 Å². The Labute approximate surface area is 122 Å². The number of halogens is 1. The number of likely N-dealkylation sites (tertiary alicyclic amines) is 1. The molecule has 21 heavy (non-hydrogen) atoms. The van der Waals surface area contributed by atoms with Crippen molar-refractivity contribution in [2.45, 2.75) is 18.6 Å². The molecule has 116 valence electrons. The number of β-amino-alcohol motifs (C(OH)–C–C–N with tert-alkyl or cyclic N) is 1. The van der Waals surface area contributed by atoms with Gasteiger partial charge in [-0.15, -0.1) is 0 Å². The van der Waals surface area contributed by atoms with Gasteiger partial charge in [0.1, 0.15) is 5.82 Å². The molecule has 0 unspecified atom stereocenters. The fourth-order valence-corrected chi connectivity index (χ4v) is 3.05. The van der Waals surface area contributed by atoms with Crippen molar-refractivity contribution in [3.63, 3.8) is 0 Å². The van der Waals surface area contributed by atoms with E-state index in [2.05, 4.69) is 4.72 Å². The third-order valence-electron chi connectivity index (χ3n) is 3.28. The first-order chi connectivity index (χ1) is 9.74. The summed E-state index contributed by atoms with van der Waals surface area (Å²) in [4.78, 5) is 13.5. The number of hydrogen-bond acceptors (Lipinski definition) is 4. The van der Waals surface area contributed by atoms with Crippen molar-refractivity contribution in [1.82, 2.24) is 9.62 Å². The smallest absolute Gasteiger partial charge is 0.227 e. The second-order valence-electron chi connectivity index (χ2n) is 5.17. The van der Waals surface area contributed by atoms with Crippen molar-refractivity contribution in [2.24, 2.45) is 0 Å². The van der Waals surface area contributed by atoms with Gasteiger partial charge >= 0.3 is 0 Å². The van der Waals surface area contributed by atoms with Gasteiger partial charge in [-0.1, -0.05) is 12.1 Å². The highest BCUT2D eigenvalue weighted by atomic mass is 32.2. The van der Waals surface area contributed by atoms with Crippen LogP contribution in [-0.2, 0) is 21.2 Å². The summed E-state index contributed by atoms with van der Waals surface area (Å²) in [5, 5.41) is 9.80. The van der Waals surface area contributed by atoms with Crippen LogP contribution in [0.15, 0.2) is 24.3 Å². The lowest BCUT2D eigenvalue weighted by atomic mass is 10.1. The van der Waals surface area contributed by atoms with Gasteiger partial charge in [-0.25, -0.2) is 17.5 Å². The number of carbonyl (C=O) groups excluding carboxylic acids is 1. The first-order valence-corrected chi connectivity index (χ1v) is 8.31. The van der Waals surface area contributed by atoms with Crippen LogP contribution in [0.1, 0.15) is 5.56 Å². The molecule has 1 aromatic rings. The molecule has 6 nitrogen and oxygen atoms in total. The van der Waals surface area contributed by atoms with Gasteiger partial charge in [0.25, 0.3) is 0 Å². The van der Waals surface area contributed by atoms with E-state index in [1.807, 2.05) is 0 Å². The summed E-state index contributed by atoms with van der Waals surface area (Å²) >= 11 is 0. The predicted molar refractivity (Wildman–Crippen MR) is 74.5 cm³/mol. The molecule has 2 atom stereocenters. The summed E-state index contributed by atoms with van der Waals surface area (Å²) in [7, 11) is -3.44. The zero-order valence-corrected chi connectivity index (χ0v) is 12.3. The van der Waals surface area contributed by atoms with E-state index in [1.54, 1.807) is 0 Å². The summed E-state index contributed by atoms with van der Waals surface area (Å²) in [6.07, 6.45) is 0.151. The van der Waals surface area contributed by atoms with Crippen molar-refractivity contribution in [3.05, 3.63) is 35.6 Å². The van der Waals surface area contributed by atoms with Crippen LogP contribution < -0.4 is 4.72 Å². The maximum absolute atomic E-state index is 12.8. The van der Waals surface area contributed by atoms with Gasteiger partial charge in [-0.3, -0.25) is 4.79 Å². The Morgan fingerprint density at radius 1 is 1.38 bits per heavy atom. The van der Waals surface area contributed by atoms with E-state index >= 15 is 0 Å². The van der Waals surface area contributed by atoms with Crippen LogP contribution in [0.25, 0.3) is 0 Å². The largest absolute Gasteiger partial charge is 0.390 e. The second-order valence-corrected chi connectivity index (χ2v) is 6.95. The molecule has 0 aromatic heterocycles. The molecular formula is C13H17FN2O4S. The van der Waals surface area contributed by atoms with Crippen molar-refractivity contribution >= 4 is 15.9 Å². The highest BCUT2D eigenvalue weighted by Crippen LogP contribution is 2.13. The Hall–Kier alpha value is -1.51. The maximum atomic E-state index is 12.8. The standard InChI is InChI=1S/C13H17FN2O4S/c1-21(19,20)15-11-7-16(8-12(11)17)13(18)6-9-2-4-10(14)5-3-9/h2-5,11-12,15,17H,6-8H2,1H3/t11-,12-/m1/s1. The summed E-state index contributed by atoms with van der Waals surface area (Å²) in [6.45, 7) is 0.196. The third kappa shape index (κ3) is 4.48. The van der Waals surface area contributed by atoms with Crippen molar-refractivity contribution in [2.75, 3.05) is 19.3 Å². The molecule has 0 saturated carbocycles. The van der Waals surface area contributed by atoms with Gasteiger partial charge in [0.2, 0.25) is 15.9 Å². The molecule has 8 heteroatoms. The van der Waals surface area contributed by atoms with Crippen LogP contribution in [0.5, 0.6) is 0 Å². The first-order valence-electron chi connectivity index (χ1n) is 6.42. The van der Waals surface area contributed by atoms with Gasteiger partial charge in [0.05, 0.1) is 24.8 Å². The highest BCUT2D eigenvalue weighted by Gasteiger charge is 2.35. The minimum Gasteiger partial charge on any atom is -0.390 e. The van der Waals surface area contributed by atoms with E-state index < -0.39 is 22.2 Å². The molecule has 1 amide bonds. The fraction of sp³-hybridized carbons (Fsp3) is 0.462. The minimum absolute atomic E-state index is 0.0766. The van der Waals surface area contributed by atoms with E-state index in [4.69, 9.17) is 0 Å². The number of carbonyl (C=O) groups is 1. The SMILES string of the molecule is CS(=O)(=O)N[C@@H]1CN(C(=O)Cc2ccc(F)cc2)C[C@H]1O. The van der Waals surface area contributed by atoms with E-state index in [1.165, 1.54) is 29.2 Å². The van der Waals surface area contributed by atoms with Crippen molar-refractivity contribution in [1.29, 1.82) is 0 Å². The summed E-state index contributed by atoms with van der Waals surface area (Å²) in [6, 6.07) is 4.89.